The van der Waals surface area contributed by atoms with Gasteiger partial charge in [-0.2, -0.15) is 0 Å². The fraction of sp³-hybridized carbons (Fsp3) is 0.253. The Morgan fingerprint density at radius 2 is 1.15 bits per heavy atom. The molecule has 0 radical (unpaired) electrons. The van der Waals surface area contributed by atoms with Crippen molar-refractivity contribution in [1.29, 1.82) is 0 Å². The van der Waals surface area contributed by atoms with Gasteiger partial charge in [-0.1, -0.05) is 215 Å². The lowest BCUT2D eigenvalue weighted by Crippen LogP contribution is -2.64. The van der Waals surface area contributed by atoms with Crippen molar-refractivity contribution >= 4 is 84.4 Å². The number of fused-ring (bicyclic) bond motifs is 15. The molecule has 5 heteroatoms. The van der Waals surface area contributed by atoms with E-state index in [-0.39, 0.29) is 33.9 Å². The first-order chi connectivity index (χ1) is 38.5. The first kappa shape index (κ1) is 47.9. The standard InChI is InChI=1S/C75H68BN3O/c1-71(2,3)47-39-56-65-68(55-28-16-18-30-57(55)73(65,7)8)78-62-43-50(44-63-66(62)76(59(41-47)67(56)78)60-42-48(72(4,5)6)40-58-69(60)79(63)75(10)38-21-20-37-74(58,75)9)77(61-31-22-29-54-53-27-17-19-32-64(53)80-70(54)61)49-35-33-46(34-36-49)52-26-15-14-25-51(52)45-23-12-11-13-24-45/h11-19,22-36,39-44H,20-21,37-38H2,1-10H3. The van der Waals surface area contributed by atoms with Crippen LogP contribution >= 0.6 is 0 Å². The van der Waals surface area contributed by atoms with E-state index in [0.29, 0.717) is 0 Å². The van der Waals surface area contributed by atoms with E-state index in [9.17, 15) is 0 Å². The summed E-state index contributed by atoms with van der Waals surface area (Å²) in [4.78, 5) is 5.45. The summed E-state index contributed by atoms with van der Waals surface area (Å²) in [6, 6.07) is 69.3. The highest BCUT2D eigenvalue weighted by Gasteiger charge is 2.62. The Morgan fingerprint density at radius 1 is 0.525 bits per heavy atom. The molecule has 4 nitrogen and oxygen atoms in total. The molecule has 392 valence electrons. The molecule has 0 spiro atoms. The molecule has 0 bridgehead atoms. The molecule has 2 aliphatic carbocycles. The zero-order valence-electron chi connectivity index (χ0n) is 48.0. The number of hydrogen-bond donors (Lipinski definition) is 0. The maximum atomic E-state index is 7.08. The van der Waals surface area contributed by atoms with Crippen LogP contribution in [0.1, 0.15) is 123 Å². The third kappa shape index (κ3) is 6.24. The summed E-state index contributed by atoms with van der Waals surface area (Å²) in [6.45, 7) is 24.7. The average Bonchev–Trinajstić information content (AvgIpc) is 3.81. The lowest BCUT2D eigenvalue weighted by molar-refractivity contribution is 0.195. The summed E-state index contributed by atoms with van der Waals surface area (Å²) in [7, 11) is 0. The number of anilines is 5. The maximum Gasteiger partial charge on any atom is 0.252 e. The SMILES string of the molecule is CC(C)(C)c1cc2c3c(c1)C1(C)CCCCC1(C)N3c1cc(N(c3ccc(-c4ccccc4-c4ccccc4)cc3)c3cccc4c3oc3ccccc34)cc3c1B2c1cc(C(C)(C)C)cc2c4c(n-3c12)-c1ccccc1C4(C)C. The number of rotatable bonds is 5. The fourth-order valence-electron chi connectivity index (χ4n) is 16.1. The van der Waals surface area contributed by atoms with Gasteiger partial charge in [-0.15, -0.1) is 0 Å². The molecule has 0 N–H and O–H groups in total. The van der Waals surface area contributed by atoms with Gasteiger partial charge in [0.2, 0.25) is 0 Å². The molecule has 2 aromatic heterocycles. The fourth-order valence-corrected chi connectivity index (χ4v) is 16.1. The molecule has 2 unspecified atom stereocenters. The largest absolute Gasteiger partial charge is 0.454 e. The smallest absolute Gasteiger partial charge is 0.252 e. The Bertz CT molecular complexity index is 4470. The lowest BCUT2D eigenvalue weighted by atomic mass is 9.33. The van der Waals surface area contributed by atoms with Gasteiger partial charge in [-0.25, -0.2) is 0 Å². The second kappa shape index (κ2) is 16.1. The maximum absolute atomic E-state index is 7.08. The highest BCUT2D eigenvalue weighted by Crippen LogP contribution is 2.63. The molecule has 16 rings (SSSR count). The Balaban J connectivity index is 1.05. The van der Waals surface area contributed by atoms with E-state index in [1.807, 2.05) is 0 Å². The van der Waals surface area contributed by atoms with Crippen LogP contribution < -0.4 is 26.2 Å². The monoisotopic (exact) mass is 1040 g/mol. The Morgan fingerprint density at radius 3 is 1.90 bits per heavy atom. The number of para-hydroxylation sites is 2. The van der Waals surface area contributed by atoms with Gasteiger partial charge in [-0.3, -0.25) is 0 Å². The van der Waals surface area contributed by atoms with Gasteiger partial charge >= 0.3 is 0 Å². The average molecular weight is 1040 g/mol. The van der Waals surface area contributed by atoms with Gasteiger partial charge in [0.25, 0.3) is 6.71 Å². The predicted octanol–water partition coefficient (Wildman–Crippen LogP) is 18.1. The summed E-state index contributed by atoms with van der Waals surface area (Å²) in [5.41, 5.74) is 28.8. The third-order valence-electron chi connectivity index (χ3n) is 20.4. The molecule has 1 fully saturated rings. The van der Waals surface area contributed by atoms with Gasteiger partial charge in [0.05, 0.1) is 22.6 Å². The van der Waals surface area contributed by atoms with E-state index < -0.39 is 0 Å². The Hall–Kier alpha value is -8.02. The summed E-state index contributed by atoms with van der Waals surface area (Å²) >= 11 is 0. The van der Waals surface area contributed by atoms with Crippen LogP contribution in [0, 0.1) is 0 Å². The molecule has 2 atom stereocenters. The first-order valence-electron chi connectivity index (χ1n) is 29.4. The molecule has 11 aromatic rings. The van der Waals surface area contributed by atoms with E-state index in [0.717, 1.165) is 51.8 Å². The van der Waals surface area contributed by atoms with Crippen molar-refractivity contribution in [3.63, 3.8) is 0 Å². The number of benzene rings is 9. The van der Waals surface area contributed by atoms with Gasteiger partial charge in [0.15, 0.2) is 5.58 Å². The molecule has 5 aliphatic rings. The minimum absolute atomic E-state index is 0.00982. The molecule has 3 aliphatic heterocycles. The third-order valence-corrected chi connectivity index (χ3v) is 20.4. The lowest BCUT2D eigenvalue weighted by Gasteiger charge is -2.52. The number of aromatic nitrogens is 1. The van der Waals surface area contributed by atoms with Crippen molar-refractivity contribution in [1.82, 2.24) is 4.57 Å². The number of nitrogens with zero attached hydrogens (tertiary/aromatic N) is 3. The molecule has 1 saturated carbocycles. The quantitative estimate of drug-likeness (QED) is 0.161. The van der Waals surface area contributed by atoms with Crippen LogP contribution in [0.3, 0.4) is 0 Å². The summed E-state index contributed by atoms with van der Waals surface area (Å²) in [5, 5.41) is 3.62. The van der Waals surface area contributed by atoms with E-state index in [4.69, 9.17) is 4.42 Å². The van der Waals surface area contributed by atoms with Crippen molar-refractivity contribution in [2.45, 2.75) is 122 Å². The van der Waals surface area contributed by atoms with Crippen molar-refractivity contribution in [2.75, 3.05) is 9.80 Å². The van der Waals surface area contributed by atoms with Crippen LogP contribution in [0.25, 0.3) is 72.0 Å². The van der Waals surface area contributed by atoms with E-state index in [1.165, 1.54) is 119 Å². The zero-order chi connectivity index (χ0) is 54.6. The van der Waals surface area contributed by atoms with E-state index in [2.05, 4.69) is 266 Å². The Labute approximate surface area is 471 Å². The van der Waals surface area contributed by atoms with Crippen molar-refractivity contribution in [3.05, 3.63) is 210 Å². The summed E-state index contributed by atoms with van der Waals surface area (Å²) < 4.78 is 9.85. The van der Waals surface area contributed by atoms with Crippen molar-refractivity contribution < 1.29 is 4.42 Å². The Kier molecular flexibility index (Phi) is 9.64. The first-order valence-corrected chi connectivity index (χ1v) is 29.4. The second-order valence-corrected chi connectivity index (χ2v) is 27.2. The number of furan rings is 1. The summed E-state index contributed by atoms with van der Waals surface area (Å²) in [5.74, 6) is 0. The molecule has 0 saturated heterocycles. The van der Waals surface area contributed by atoms with Gasteiger partial charge in [0.1, 0.15) is 5.58 Å². The minimum atomic E-state index is -0.229. The molecule has 0 amide bonds. The minimum Gasteiger partial charge on any atom is -0.454 e. The van der Waals surface area contributed by atoms with Crippen LogP contribution in [-0.4, -0.2) is 16.8 Å². The normalized spacial score (nSPS) is 19.1. The molecule has 80 heavy (non-hydrogen) atoms. The van der Waals surface area contributed by atoms with Gasteiger partial charge < -0.3 is 18.8 Å². The topological polar surface area (TPSA) is 24.6 Å². The second-order valence-electron chi connectivity index (χ2n) is 27.2. The summed E-state index contributed by atoms with van der Waals surface area (Å²) in [6.07, 6.45) is 4.72. The van der Waals surface area contributed by atoms with Gasteiger partial charge in [-0.05, 0) is 140 Å². The predicted molar refractivity (Wildman–Crippen MR) is 339 cm³/mol. The van der Waals surface area contributed by atoms with Crippen LogP contribution in [0.2, 0.25) is 0 Å². The van der Waals surface area contributed by atoms with Crippen molar-refractivity contribution in [3.8, 4) is 39.2 Å². The van der Waals surface area contributed by atoms with Crippen LogP contribution in [0.4, 0.5) is 28.4 Å². The van der Waals surface area contributed by atoms with Crippen molar-refractivity contribution in [2.24, 2.45) is 0 Å². The molecular formula is C75H68BN3O. The molecular weight excluding hydrogens is 970 g/mol. The highest BCUT2D eigenvalue weighted by atomic mass is 16.3. The van der Waals surface area contributed by atoms with E-state index in [1.54, 1.807) is 0 Å². The molecule has 9 aromatic carbocycles. The zero-order valence-corrected chi connectivity index (χ0v) is 48.0. The van der Waals surface area contributed by atoms with Gasteiger partial charge in [0, 0.05) is 60.8 Å². The van der Waals surface area contributed by atoms with Crippen LogP contribution in [-0.2, 0) is 21.7 Å². The number of hydrogen-bond acceptors (Lipinski definition) is 3. The molecule has 5 heterocycles. The van der Waals surface area contributed by atoms with Crippen LogP contribution in [0.5, 0.6) is 0 Å². The van der Waals surface area contributed by atoms with E-state index >= 15 is 0 Å². The van der Waals surface area contributed by atoms with Crippen LogP contribution in [0.15, 0.2) is 186 Å². The highest BCUT2D eigenvalue weighted by molar-refractivity contribution is 7.00.